The van der Waals surface area contributed by atoms with Crippen LogP contribution in [0.3, 0.4) is 0 Å². The Labute approximate surface area is 170 Å². The number of oxazole rings is 1. The Bertz CT molecular complexity index is 1140. The van der Waals surface area contributed by atoms with Crippen LogP contribution in [-0.4, -0.2) is 32.8 Å². The summed E-state index contributed by atoms with van der Waals surface area (Å²) < 4.78 is 6.68. The first-order valence-electron chi connectivity index (χ1n) is 8.89. The molecule has 8 heteroatoms. The van der Waals surface area contributed by atoms with Crippen LogP contribution in [0.5, 0.6) is 0 Å². The molecule has 0 saturated carbocycles. The van der Waals surface area contributed by atoms with E-state index in [1.54, 1.807) is 34.9 Å². The number of amides is 1. The van der Waals surface area contributed by atoms with Crippen LogP contribution in [0.25, 0.3) is 11.1 Å². The SMILES string of the molecule is Cc1ccccc1N=C1SCCN1C(=O)CCn1c(=O)oc2cc(Cl)ccc21. The van der Waals surface area contributed by atoms with Gasteiger partial charge in [-0.3, -0.25) is 14.3 Å². The normalized spacial score (nSPS) is 15.6. The van der Waals surface area contributed by atoms with Crippen molar-refractivity contribution in [2.75, 3.05) is 12.3 Å². The van der Waals surface area contributed by atoms with Gasteiger partial charge in [0.2, 0.25) is 5.91 Å². The Morgan fingerprint density at radius 1 is 1.29 bits per heavy atom. The summed E-state index contributed by atoms with van der Waals surface area (Å²) in [5, 5.41) is 1.20. The molecule has 4 rings (SSSR count). The third-order valence-electron chi connectivity index (χ3n) is 4.59. The van der Waals surface area contributed by atoms with Gasteiger partial charge < -0.3 is 4.42 Å². The molecule has 0 radical (unpaired) electrons. The summed E-state index contributed by atoms with van der Waals surface area (Å²) in [5.74, 6) is 0.256. The van der Waals surface area contributed by atoms with E-state index >= 15 is 0 Å². The number of amidine groups is 1. The molecule has 0 unspecified atom stereocenters. The fourth-order valence-corrected chi connectivity index (χ4v) is 4.24. The molecule has 0 N–H and O–H groups in total. The van der Waals surface area contributed by atoms with E-state index in [4.69, 9.17) is 16.0 Å². The predicted octanol–water partition coefficient (Wildman–Crippen LogP) is 4.21. The van der Waals surface area contributed by atoms with Gasteiger partial charge in [0.15, 0.2) is 10.8 Å². The van der Waals surface area contributed by atoms with E-state index in [1.165, 1.54) is 4.57 Å². The third kappa shape index (κ3) is 3.72. The average molecular weight is 416 g/mol. The summed E-state index contributed by atoms with van der Waals surface area (Å²) in [7, 11) is 0. The van der Waals surface area contributed by atoms with E-state index in [-0.39, 0.29) is 18.9 Å². The van der Waals surface area contributed by atoms with E-state index in [9.17, 15) is 9.59 Å². The smallest absolute Gasteiger partial charge is 0.408 e. The van der Waals surface area contributed by atoms with Gasteiger partial charge in [-0.25, -0.2) is 9.79 Å². The number of aromatic nitrogens is 1. The zero-order valence-electron chi connectivity index (χ0n) is 15.2. The summed E-state index contributed by atoms with van der Waals surface area (Å²) in [4.78, 5) is 31.3. The van der Waals surface area contributed by atoms with Crippen molar-refractivity contribution in [3.63, 3.8) is 0 Å². The average Bonchev–Trinajstić information content (AvgIpc) is 3.25. The minimum Gasteiger partial charge on any atom is -0.408 e. The van der Waals surface area contributed by atoms with Gasteiger partial charge in [-0.2, -0.15) is 0 Å². The van der Waals surface area contributed by atoms with Crippen molar-refractivity contribution in [1.29, 1.82) is 0 Å². The predicted molar refractivity (Wildman–Crippen MR) is 113 cm³/mol. The number of carbonyl (C=O) groups is 1. The lowest BCUT2D eigenvalue weighted by Gasteiger charge is -2.16. The van der Waals surface area contributed by atoms with Crippen LogP contribution in [0.15, 0.2) is 56.7 Å². The quantitative estimate of drug-likeness (QED) is 0.640. The van der Waals surface area contributed by atoms with Crippen molar-refractivity contribution >= 4 is 51.2 Å². The lowest BCUT2D eigenvalue weighted by molar-refractivity contribution is -0.127. The van der Waals surface area contributed by atoms with Gasteiger partial charge in [-0.1, -0.05) is 41.6 Å². The zero-order valence-corrected chi connectivity index (χ0v) is 16.8. The number of thioether (sulfide) groups is 1. The number of para-hydroxylation sites is 1. The van der Waals surface area contributed by atoms with Crippen LogP contribution in [0, 0.1) is 6.92 Å². The van der Waals surface area contributed by atoms with Gasteiger partial charge in [0, 0.05) is 36.4 Å². The molecule has 1 fully saturated rings. The number of aliphatic imine (C=N–C) groups is 1. The van der Waals surface area contributed by atoms with Gasteiger partial charge in [-0.05, 0) is 30.7 Å². The number of aryl methyl sites for hydroxylation is 2. The molecule has 144 valence electrons. The Morgan fingerprint density at radius 3 is 2.93 bits per heavy atom. The van der Waals surface area contributed by atoms with Crippen molar-refractivity contribution in [1.82, 2.24) is 9.47 Å². The summed E-state index contributed by atoms with van der Waals surface area (Å²) >= 11 is 7.51. The molecule has 1 aliphatic rings. The second-order valence-electron chi connectivity index (χ2n) is 6.46. The van der Waals surface area contributed by atoms with Crippen LogP contribution in [-0.2, 0) is 11.3 Å². The molecule has 2 aromatic carbocycles. The van der Waals surface area contributed by atoms with Gasteiger partial charge >= 0.3 is 5.76 Å². The van der Waals surface area contributed by atoms with Crippen LogP contribution in [0.2, 0.25) is 5.02 Å². The van der Waals surface area contributed by atoms with E-state index in [2.05, 4.69) is 4.99 Å². The van der Waals surface area contributed by atoms with E-state index in [0.717, 1.165) is 17.0 Å². The Kier molecular flexibility index (Phi) is 5.28. The van der Waals surface area contributed by atoms with Crippen molar-refractivity contribution in [2.24, 2.45) is 4.99 Å². The number of fused-ring (bicyclic) bond motifs is 1. The lowest BCUT2D eigenvalue weighted by atomic mass is 10.2. The molecule has 1 aliphatic heterocycles. The first-order chi connectivity index (χ1) is 13.5. The highest BCUT2D eigenvalue weighted by molar-refractivity contribution is 8.14. The standard InChI is InChI=1S/C20H18ClN3O3S/c1-13-4-2-3-5-15(13)22-19-24(10-11-28-19)18(25)8-9-23-16-7-6-14(21)12-17(16)27-20(23)26/h2-7,12H,8-11H2,1H3. The molecule has 28 heavy (non-hydrogen) atoms. The molecular formula is C20H18ClN3O3S. The first kappa shape index (κ1) is 18.8. The molecule has 2 heterocycles. The van der Waals surface area contributed by atoms with E-state index < -0.39 is 5.76 Å². The second-order valence-corrected chi connectivity index (χ2v) is 7.95. The second kappa shape index (κ2) is 7.85. The summed E-state index contributed by atoms with van der Waals surface area (Å²) in [6, 6.07) is 12.8. The third-order valence-corrected chi connectivity index (χ3v) is 5.78. The fourth-order valence-electron chi connectivity index (χ4n) is 3.11. The highest BCUT2D eigenvalue weighted by Crippen LogP contribution is 2.26. The maximum Gasteiger partial charge on any atom is 0.419 e. The van der Waals surface area contributed by atoms with Crippen molar-refractivity contribution < 1.29 is 9.21 Å². The maximum atomic E-state index is 12.8. The monoisotopic (exact) mass is 415 g/mol. The van der Waals surface area contributed by atoms with E-state index in [0.29, 0.717) is 27.8 Å². The van der Waals surface area contributed by atoms with Crippen molar-refractivity contribution in [2.45, 2.75) is 19.9 Å². The van der Waals surface area contributed by atoms with Crippen LogP contribution in [0.1, 0.15) is 12.0 Å². The molecule has 1 saturated heterocycles. The highest BCUT2D eigenvalue weighted by Gasteiger charge is 2.26. The van der Waals surface area contributed by atoms with Crippen LogP contribution < -0.4 is 5.76 Å². The van der Waals surface area contributed by atoms with Gasteiger partial charge in [-0.15, -0.1) is 0 Å². The Balaban J connectivity index is 1.52. The van der Waals surface area contributed by atoms with Gasteiger partial charge in [0.25, 0.3) is 0 Å². The molecule has 0 bridgehead atoms. The molecule has 1 aromatic heterocycles. The maximum absolute atomic E-state index is 12.8. The lowest BCUT2D eigenvalue weighted by Crippen LogP contribution is -2.33. The largest absolute Gasteiger partial charge is 0.419 e. The number of benzene rings is 2. The molecule has 6 nitrogen and oxygen atoms in total. The number of hydrogen-bond donors (Lipinski definition) is 0. The molecule has 3 aromatic rings. The van der Waals surface area contributed by atoms with E-state index in [1.807, 2.05) is 31.2 Å². The summed E-state index contributed by atoms with van der Waals surface area (Å²) in [6.45, 7) is 2.85. The number of carbonyl (C=O) groups excluding carboxylic acids is 1. The minimum absolute atomic E-state index is 0.0625. The van der Waals surface area contributed by atoms with Crippen molar-refractivity contribution in [3.8, 4) is 0 Å². The van der Waals surface area contributed by atoms with Crippen LogP contribution >= 0.6 is 23.4 Å². The van der Waals surface area contributed by atoms with Gasteiger partial charge in [0.1, 0.15) is 0 Å². The number of hydrogen-bond acceptors (Lipinski definition) is 5. The minimum atomic E-state index is -0.491. The fraction of sp³-hybridized carbons (Fsp3) is 0.250. The Hall–Kier alpha value is -2.51. The molecule has 0 atom stereocenters. The highest BCUT2D eigenvalue weighted by atomic mass is 35.5. The topological polar surface area (TPSA) is 67.8 Å². The summed E-state index contributed by atoms with van der Waals surface area (Å²) in [6.07, 6.45) is 0.185. The molecular weight excluding hydrogens is 398 g/mol. The summed E-state index contributed by atoms with van der Waals surface area (Å²) in [5.41, 5.74) is 2.97. The van der Waals surface area contributed by atoms with Crippen LogP contribution in [0.4, 0.5) is 5.69 Å². The Morgan fingerprint density at radius 2 is 2.11 bits per heavy atom. The van der Waals surface area contributed by atoms with Gasteiger partial charge in [0.05, 0.1) is 11.2 Å². The van der Waals surface area contributed by atoms with Crippen molar-refractivity contribution in [3.05, 3.63) is 63.6 Å². The zero-order chi connectivity index (χ0) is 19.7. The number of halogens is 1. The molecule has 0 spiro atoms. The number of rotatable bonds is 4. The first-order valence-corrected chi connectivity index (χ1v) is 10.3. The molecule has 1 amide bonds. The molecule has 0 aliphatic carbocycles. The number of nitrogens with zero attached hydrogens (tertiary/aromatic N) is 3.